The Morgan fingerprint density at radius 3 is 2.65 bits per heavy atom. The normalized spacial score (nSPS) is 10.7. The Labute approximate surface area is 152 Å². The Hall–Kier alpha value is -3.24. The van der Waals surface area contributed by atoms with Crippen LogP contribution in [0.1, 0.15) is 25.0 Å². The van der Waals surface area contributed by atoms with E-state index < -0.39 is 0 Å². The highest BCUT2D eigenvalue weighted by Crippen LogP contribution is 2.32. The minimum atomic E-state index is 0.381. The standard InChI is InChI=1S/C19H20N6O/c1-13(2)11-25-12-16(10-24-25)26-18-5-14(6-20)3-4-17(18)19-22-8-15(7-21)9-23-19/h3-5,8-10,12-13H,7,11,21H2,1-2H3. The Morgan fingerprint density at radius 1 is 1.23 bits per heavy atom. The van der Waals surface area contributed by atoms with Gasteiger partial charge in [0.15, 0.2) is 11.6 Å². The van der Waals surface area contributed by atoms with Crippen molar-refractivity contribution in [3.63, 3.8) is 0 Å². The lowest BCUT2D eigenvalue weighted by Crippen LogP contribution is -2.04. The molecule has 0 aliphatic carbocycles. The first-order chi connectivity index (χ1) is 12.6. The molecule has 0 saturated heterocycles. The van der Waals surface area contributed by atoms with Gasteiger partial charge in [0.1, 0.15) is 5.75 Å². The third kappa shape index (κ3) is 4.05. The van der Waals surface area contributed by atoms with Gasteiger partial charge in [-0.1, -0.05) is 13.8 Å². The molecule has 0 radical (unpaired) electrons. The van der Waals surface area contributed by atoms with Crippen LogP contribution in [0.2, 0.25) is 0 Å². The molecule has 2 heterocycles. The van der Waals surface area contributed by atoms with Crippen molar-refractivity contribution in [3.05, 3.63) is 54.1 Å². The number of ether oxygens (including phenoxy) is 1. The van der Waals surface area contributed by atoms with Gasteiger partial charge in [0.2, 0.25) is 0 Å². The quantitative estimate of drug-likeness (QED) is 0.734. The summed E-state index contributed by atoms with van der Waals surface area (Å²) in [5.41, 5.74) is 7.64. The first-order valence-electron chi connectivity index (χ1n) is 8.35. The van der Waals surface area contributed by atoms with Crippen LogP contribution in [0, 0.1) is 17.2 Å². The van der Waals surface area contributed by atoms with E-state index >= 15 is 0 Å². The monoisotopic (exact) mass is 348 g/mol. The highest BCUT2D eigenvalue weighted by molar-refractivity contribution is 5.66. The van der Waals surface area contributed by atoms with E-state index in [2.05, 4.69) is 35.0 Å². The summed E-state index contributed by atoms with van der Waals surface area (Å²) in [6.45, 7) is 5.43. The molecule has 2 N–H and O–H groups in total. The van der Waals surface area contributed by atoms with Gasteiger partial charge in [0, 0.05) is 31.0 Å². The fourth-order valence-corrected chi connectivity index (χ4v) is 2.46. The number of benzene rings is 1. The molecule has 132 valence electrons. The number of rotatable bonds is 6. The summed E-state index contributed by atoms with van der Waals surface area (Å²) >= 11 is 0. The van der Waals surface area contributed by atoms with E-state index in [9.17, 15) is 5.26 Å². The number of nitriles is 1. The van der Waals surface area contributed by atoms with Gasteiger partial charge in [-0.2, -0.15) is 10.4 Å². The van der Waals surface area contributed by atoms with E-state index in [4.69, 9.17) is 10.5 Å². The lowest BCUT2D eigenvalue weighted by molar-refractivity contribution is 0.468. The van der Waals surface area contributed by atoms with Crippen LogP contribution < -0.4 is 10.5 Å². The minimum absolute atomic E-state index is 0.381. The topological polar surface area (TPSA) is 103 Å². The zero-order chi connectivity index (χ0) is 18.5. The van der Waals surface area contributed by atoms with Crippen LogP contribution in [-0.2, 0) is 13.1 Å². The molecule has 0 unspecified atom stereocenters. The van der Waals surface area contributed by atoms with Crippen molar-refractivity contribution < 1.29 is 4.74 Å². The molecule has 0 fully saturated rings. The summed E-state index contributed by atoms with van der Waals surface area (Å²) < 4.78 is 7.82. The van der Waals surface area contributed by atoms with Gasteiger partial charge in [0.05, 0.1) is 29.6 Å². The summed E-state index contributed by atoms with van der Waals surface area (Å²) in [6, 6.07) is 7.29. The molecular formula is C19H20N6O. The molecule has 2 aromatic heterocycles. The largest absolute Gasteiger partial charge is 0.453 e. The van der Waals surface area contributed by atoms with Crippen molar-refractivity contribution in [2.75, 3.05) is 0 Å². The molecule has 0 amide bonds. The molecule has 3 aromatic rings. The molecule has 0 saturated carbocycles. The minimum Gasteiger partial charge on any atom is -0.453 e. The molecule has 0 spiro atoms. The van der Waals surface area contributed by atoms with Crippen LogP contribution in [0.25, 0.3) is 11.4 Å². The van der Waals surface area contributed by atoms with Crippen molar-refractivity contribution in [1.82, 2.24) is 19.7 Å². The van der Waals surface area contributed by atoms with E-state index in [0.29, 0.717) is 40.9 Å². The molecule has 3 rings (SSSR count). The molecule has 7 nitrogen and oxygen atoms in total. The number of nitrogens with zero attached hydrogens (tertiary/aromatic N) is 5. The zero-order valence-electron chi connectivity index (χ0n) is 14.8. The summed E-state index contributed by atoms with van der Waals surface area (Å²) in [6.07, 6.45) is 6.86. The van der Waals surface area contributed by atoms with Crippen molar-refractivity contribution in [2.24, 2.45) is 11.7 Å². The molecule has 7 heteroatoms. The molecule has 0 bridgehead atoms. The lowest BCUT2D eigenvalue weighted by Gasteiger charge is -2.10. The Kier molecular flexibility index (Phi) is 5.25. The summed E-state index contributed by atoms with van der Waals surface area (Å²) in [5.74, 6) is 2.10. The highest BCUT2D eigenvalue weighted by atomic mass is 16.5. The maximum Gasteiger partial charge on any atom is 0.165 e. The van der Waals surface area contributed by atoms with Crippen LogP contribution in [-0.4, -0.2) is 19.7 Å². The maximum atomic E-state index is 9.19. The molecule has 0 aliphatic rings. The van der Waals surface area contributed by atoms with Gasteiger partial charge < -0.3 is 10.5 Å². The average Bonchev–Trinajstić information content (AvgIpc) is 3.08. The molecule has 0 aliphatic heterocycles. The lowest BCUT2D eigenvalue weighted by atomic mass is 10.1. The van der Waals surface area contributed by atoms with Crippen molar-refractivity contribution in [2.45, 2.75) is 26.9 Å². The van der Waals surface area contributed by atoms with E-state index in [1.807, 2.05) is 10.9 Å². The molecule has 26 heavy (non-hydrogen) atoms. The van der Waals surface area contributed by atoms with Crippen LogP contribution in [0.5, 0.6) is 11.5 Å². The van der Waals surface area contributed by atoms with E-state index in [-0.39, 0.29) is 0 Å². The molecule has 0 atom stereocenters. The molecule has 1 aromatic carbocycles. The second-order valence-corrected chi connectivity index (χ2v) is 6.34. The van der Waals surface area contributed by atoms with Gasteiger partial charge in [-0.25, -0.2) is 9.97 Å². The van der Waals surface area contributed by atoms with Crippen molar-refractivity contribution >= 4 is 0 Å². The Balaban J connectivity index is 1.93. The van der Waals surface area contributed by atoms with Gasteiger partial charge in [-0.3, -0.25) is 4.68 Å². The van der Waals surface area contributed by atoms with Crippen LogP contribution in [0.4, 0.5) is 0 Å². The predicted octanol–water partition coefficient (Wildman–Crippen LogP) is 3.12. The van der Waals surface area contributed by atoms with Crippen molar-refractivity contribution in [1.29, 1.82) is 5.26 Å². The van der Waals surface area contributed by atoms with Crippen molar-refractivity contribution in [3.8, 4) is 29.0 Å². The maximum absolute atomic E-state index is 9.19. The van der Waals surface area contributed by atoms with Crippen LogP contribution in [0.15, 0.2) is 43.0 Å². The first kappa shape index (κ1) is 17.6. The second kappa shape index (κ2) is 7.76. The fourth-order valence-electron chi connectivity index (χ4n) is 2.46. The fraction of sp³-hybridized carbons (Fsp3) is 0.263. The van der Waals surface area contributed by atoms with Gasteiger partial charge in [-0.05, 0) is 24.1 Å². The highest BCUT2D eigenvalue weighted by Gasteiger charge is 2.13. The number of nitrogens with two attached hydrogens (primary N) is 1. The average molecular weight is 348 g/mol. The summed E-state index contributed by atoms with van der Waals surface area (Å²) in [4.78, 5) is 8.69. The van der Waals surface area contributed by atoms with Gasteiger partial charge >= 0.3 is 0 Å². The zero-order valence-corrected chi connectivity index (χ0v) is 14.8. The number of hydrogen-bond donors (Lipinski definition) is 1. The third-order valence-corrected chi connectivity index (χ3v) is 3.68. The first-order valence-corrected chi connectivity index (χ1v) is 8.35. The SMILES string of the molecule is CC(C)Cn1cc(Oc2cc(C#N)ccc2-c2ncc(CN)cn2)cn1. The van der Waals surface area contributed by atoms with E-state index in [1.165, 1.54) is 0 Å². The smallest absolute Gasteiger partial charge is 0.165 e. The van der Waals surface area contributed by atoms with E-state index in [1.54, 1.807) is 36.8 Å². The van der Waals surface area contributed by atoms with E-state index in [0.717, 1.165) is 12.1 Å². The Morgan fingerprint density at radius 2 is 2.00 bits per heavy atom. The van der Waals surface area contributed by atoms with Gasteiger partial charge in [-0.15, -0.1) is 0 Å². The predicted molar refractivity (Wildman–Crippen MR) is 97.2 cm³/mol. The second-order valence-electron chi connectivity index (χ2n) is 6.34. The number of hydrogen-bond acceptors (Lipinski definition) is 6. The summed E-state index contributed by atoms with van der Waals surface area (Å²) in [7, 11) is 0. The van der Waals surface area contributed by atoms with Crippen LogP contribution in [0.3, 0.4) is 0 Å². The number of aromatic nitrogens is 4. The van der Waals surface area contributed by atoms with Crippen LogP contribution >= 0.6 is 0 Å². The van der Waals surface area contributed by atoms with Gasteiger partial charge in [0.25, 0.3) is 0 Å². The third-order valence-electron chi connectivity index (χ3n) is 3.68. The Bertz CT molecular complexity index is 924. The molecular weight excluding hydrogens is 328 g/mol. The summed E-state index contributed by atoms with van der Waals surface area (Å²) in [5, 5.41) is 13.5.